The average molecular weight is 362 g/mol. The molecule has 0 aromatic carbocycles. The standard InChI is InChI=1S/C20H30N2O4/c1-12(2)16(19(25)26-20(3,4)5)22-18(24)14-11-13-9-7-6-8-10-15(13)21-17(14)23/h11-12,16H,6-10H2,1-5H3,(H,21,23)(H,22,24)/t16-/m0/s1. The van der Waals surface area contributed by atoms with E-state index in [-0.39, 0.29) is 11.5 Å². The summed E-state index contributed by atoms with van der Waals surface area (Å²) in [6, 6.07) is 0.876. The minimum absolute atomic E-state index is 0.0554. The summed E-state index contributed by atoms with van der Waals surface area (Å²) in [5.41, 5.74) is 0.952. The lowest BCUT2D eigenvalue weighted by molar-refractivity contribution is -0.158. The number of aryl methyl sites for hydroxylation is 2. The third-order valence-corrected chi connectivity index (χ3v) is 4.45. The third-order valence-electron chi connectivity index (χ3n) is 4.45. The normalized spacial score (nSPS) is 15.8. The fourth-order valence-corrected chi connectivity index (χ4v) is 3.10. The second-order valence-corrected chi connectivity index (χ2v) is 8.31. The summed E-state index contributed by atoms with van der Waals surface area (Å²) >= 11 is 0. The van der Waals surface area contributed by atoms with Crippen molar-refractivity contribution in [3.8, 4) is 0 Å². The number of esters is 1. The number of pyridine rings is 1. The number of hydrogen-bond donors (Lipinski definition) is 2. The van der Waals surface area contributed by atoms with E-state index >= 15 is 0 Å². The van der Waals surface area contributed by atoms with Crippen LogP contribution in [-0.4, -0.2) is 28.5 Å². The molecule has 1 aliphatic carbocycles. The van der Waals surface area contributed by atoms with E-state index < -0.39 is 29.1 Å². The Labute approximate surface area is 154 Å². The first-order valence-corrected chi connectivity index (χ1v) is 9.37. The van der Waals surface area contributed by atoms with Crippen LogP contribution < -0.4 is 10.9 Å². The van der Waals surface area contributed by atoms with Gasteiger partial charge in [0.05, 0.1) is 0 Å². The summed E-state index contributed by atoms with van der Waals surface area (Å²) in [4.78, 5) is 40.3. The minimum atomic E-state index is -0.806. The van der Waals surface area contributed by atoms with E-state index in [4.69, 9.17) is 4.74 Å². The summed E-state index contributed by atoms with van der Waals surface area (Å²) in [5.74, 6) is -1.19. The van der Waals surface area contributed by atoms with Crippen molar-refractivity contribution in [2.24, 2.45) is 5.92 Å². The summed E-state index contributed by atoms with van der Waals surface area (Å²) in [7, 11) is 0. The molecule has 2 rings (SSSR count). The second kappa shape index (κ2) is 8.06. The lowest BCUT2D eigenvalue weighted by Crippen LogP contribution is -2.48. The largest absolute Gasteiger partial charge is 0.458 e. The minimum Gasteiger partial charge on any atom is -0.458 e. The zero-order chi connectivity index (χ0) is 19.5. The van der Waals surface area contributed by atoms with Crippen LogP contribution in [0.5, 0.6) is 0 Å². The maximum atomic E-state index is 12.7. The Kier molecular flexibility index (Phi) is 6.26. The third kappa shape index (κ3) is 5.19. The first-order valence-electron chi connectivity index (χ1n) is 9.37. The van der Waals surface area contributed by atoms with Crippen LogP contribution in [0.15, 0.2) is 10.9 Å². The van der Waals surface area contributed by atoms with Crippen LogP contribution in [-0.2, 0) is 22.4 Å². The molecule has 0 bridgehead atoms. The van der Waals surface area contributed by atoms with E-state index in [0.29, 0.717) is 0 Å². The van der Waals surface area contributed by atoms with Gasteiger partial charge in [-0.15, -0.1) is 0 Å². The van der Waals surface area contributed by atoms with Gasteiger partial charge in [-0.05, 0) is 64.0 Å². The van der Waals surface area contributed by atoms with Crippen molar-refractivity contribution in [2.75, 3.05) is 0 Å². The summed E-state index contributed by atoms with van der Waals surface area (Å²) < 4.78 is 5.40. The molecule has 0 aliphatic heterocycles. The molecular formula is C20H30N2O4. The van der Waals surface area contributed by atoms with Gasteiger partial charge in [0.25, 0.3) is 11.5 Å². The second-order valence-electron chi connectivity index (χ2n) is 8.31. The number of nitrogens with one attached hydrogen (secondary N) is 2. The Morgan fingerprint density at radius 3 is 2.42 bits per heavy atom. The molecule has 0 radical (unpaired) electrons. The number of aromatic amines is 1. The van der Waals surface area contributed by atoms with Gasteiger partial charge in [-0.25, -0.2) is 4.79 Å². The van der Waals surface area contributed by atoms with Crippen molar-refractivity contribution < 1.29 is 14.3 Å². The maximum Gasteiger partial charge on any atom is 0.329 e. The highest BCUT2D eigenvalue weighted by molar-refractivity contribution is 5.96. The highest BCUT2D eigenvalue weighted by atomic mass is 16.6. The number of H-pyrrole nitrogens is 1. The van der Waals surface area contributed by atoms with Crippen LogP contribution >= 0.6 is 0 Å². The topological polar surface area (TPSA) is 88.3 Å². The molecule has 26 heavy (non-hydrogen) atoms. The first-order chi connectivity index (χ1) is 12.1. The lowest BCUT2D eigenvalue weighted by Gasteiger charge is -2.26. The number of carbonyl (C=O) groups is 2. The van der Waals surface area contributed by atoms with Crippen LogP contribution in [0.4, 0.5) is 0 Å². The molecule has 1 heterocycles. The van der Waals surface area contributed by atoms with E-state index in [1.54, 1.807) is 26.8 Å². The number of amides is 1. The van der Waals surface area contributed by atoms with Crippen molar-refractivity contribution in [3.63, 3.8) is 0 Å². The van der Waals surface area contributed by atoms with Crippen LogP contribution in [0.25, 0.3) is 0 Å². The van der Waals surface area contributed by atoms with Crippen molar-refractivity contribution in [2.45, 2.75) is 78.4 Å². The van der Waals surface area contributed by atoms with E-state index in [1.165, 1.54) is 0 Å². The molecule has 0 fully saturated rings. The zero-order valence-electron chi connectivity index (χ0n) is 16.4. The van der Waals surface area contributed by atoms with Gasteiger partial charge in [0, 0.05) is 5.69 Å². The molecule has 0 saturated carbocycles. The highest BCUT2D eigenvalue weighted by Gasteiger charge is 2.30. The molecule has 6 heteroatoms. The zero-order valence-corrected chi connectivity index (χ0v) is 16.4. The number of aromatic nitrogens is 1. The summed E-state index contributed by atoms with van der Waals surface area (Å²) in [6.07, 6.45) is 4.90. The smallest absolute Gasteiger partial charge is 0.329 e. The van der Waals surface area contributed by atoms with Crippen LogP contribution in [0.3, 0.4) is 0 Å². The summed E-state index contributed by atoms with van der Waals surface area (Å²) in [5, 5.41) is 2.68. The number of hydrogen-bond acceptors (Lipinski definition) is 4. The highest BCUT2D eigenvalue weighted by Crippen LogP contribution is 2.19. The molecular weight excluding hydrogens is 332 g/mol. The molecule has 6 nitrogen and oxygen atoms in total. The van der Waals surface area contributed by atoms with Crippen molar-refractivity contribution in [3.05, 3.63) is 33.2 Å². The van der Waals surface area contributed by atoms with E-state index in [2.05, 4.69) is 10.3 Å². The van der Waals surface area contributed by atoms with Gasteiger partial charge in [-0.3, -0.25) is 9.59 Å². The first kappa shape index (κ1) is 20.2. The molecule has 1 aromatic rings. The van der Waals surface area contributed by atoms with Gasteiger partial charge in [-0.1, -0.05) is 20.3 Å². The van der Waals surface area contributed by atoms with E-state index in [9.17, 15) is 14.4 Å². The molecule has 0 saturated heterocycles. The Morgan fingerprint density at radius 1 is 1.15 bits per heavy atom. The SMILES string of the molecule is CC(C)[C@H](NC(=O)c1cc2c([nH]c1=O)CCCCC2)C(=O)OC(C)(C)C. The van der Waals surface area contributed by atoms with Crippen molar-refractivity contribution >= 4 is 11.9 Å². The van der Waals surface area contributed by atoms with Crippen LogP contribution in [0.2, 0.25) is 0 Å². The number of fused-ring (bicyclic) bond motifs is 1. The van der Waals surface area contributed by atoms with Gasteiger partial charge in [-0.2, -0.15) is 0 Å². The predicted molar refractivity (Wildman–Crippen MR) is 100 cm³/mol. The van der Waals surface area contributed by atoms with Gasteiger partial charge < -0.3 is 15.0 Å². The Morgan fingerprint density at radius 2 is 1.81 bits per heavy atom. The molecule has 1 aliphatic rings. The molecule has 1 aromatic heterocycles. The average Bonchev–Trinajstić information content (AvgIpc) is 2.74. The van der Waals surface area contributed by atoms with E-state index in [0.717, 1.165) is 43.4 Å². The molecule has 0 unspecified atom stereocenters. The summed E-state index contributed by atoms with van der Waals surface area (Å²) in [6.45, 7) is 9.00. The fourth-order valence-electron chi connectivity index (χ4n) is 3.10. The molecule has 1 atom stereocenters. The predicted octanol–water partition coefficient (Wildman–Crippen LogP) is 2.74. The lowest BCUT2D eigenvalue weighted by atomic mass is 10.0. The maximum absolute atomic E-state index is 12.7. The van der Waals surface area contributed by atoms with Crippen LogP contribution in [0, 0.1) is 5.92 Å². The Bertz CT molecular complexity index is 728. The number of ether oxygens (including phenoxy) is 1. The van der Waals surface area contributed by atoms with Crippen molar-refractivity contribution in [1.29, 1.82) is 0 Å². The van der Waals surface area contributed by atoms with Crippen molar-refractivity contribution in [1.82, 2.24) is 10.3 Å². The quantitative estimate of drug-likeness (QED) is 0.637. The monoisotopic (exact) mass is 362 g/mol. The van der Waals surface area contributed by atoms with Gasteiger partial charge in [0.15, 0.2) is 0 Å². The number of rotatable bonds is 4. The van der Waals surface area contributed by atoms with Gasteiger partial charge in [0.2, 0.25) is 0 Å². The molecule has 2 N–H and O–H groups in total. The molecule has 0 spiro atoms. The van der Waals surface area contributed by atoms with E-state index in [1.807, 2.05) is 13.8 Å². The fraction of sp³-hybridized carbons (Fsp3) is 0.650. The van der Waals surface area contributed by atoms with Gasteiger partial charge in [0.1, 0.15) is 17.2 Å². The molecule has 144 valence electrons. The Balaban J connectivity index is 2.23. The van der Waals surface area contributed by atoms with Gasteiger partial charge >= 0.3 is 5.97 Å². The van der Waals surface area contributed by atoms with Crippen LogP contribution in [0.1, 0.15) is 75.5 Å². The molecule has 1 amide bonds. The number of carbonyl (C=O) groups excluding carboxylic acids is 2. The Hall–Kier alpha value is -2.11.